The van der Waals surface area contributed by atoms with Gasteiger partial charge in [0, 0.05) is 11.6 Å². The van der Waals surface area contributed by atoms with Crippen LogP contribution in [0.3, 0.4) is 0 Å². The third-order valence-corrected chi connectivity index (χ3v) is 5.81. The normalized spacial score (nSPS) is 22.2. The molecule has 0 aromatic heterocycles. The largest absolute Gasteiger partial charge is 0.454 e. The number of hydrogen-bond acceptors (Lipinski definition) is 5. The summed E-state index contributed by atoms with van der Waals surface area (Å²) < 4.78 is 5.03. The van der Waals surface area contributed by atoms with E-state index in [1.54, 1.807) is 6.07 Å². The Morgan fingerprint density at radius 3 is 2.48 bits per heavy atom. The minimum Gasteiger partial charge on any atom is -0.454 e. The Morgan fingerprint density at radius 1 is 1.21 bits per heavy atom. The second-order valence-corrected chi connectivity index (χ2v) is 7.99. The van der Waals surface area contributed by atoms with Crippen molar-refractivity contribution in [3.05, 3.63) is 34.9 Å². The maximum atomic E-state index is 12.5. The summed E-state index contributed by atoms with van der Waals surface area (Å²) in [6.45, 7) is 1.38. The molecule has 156 valence electrons. The Balaban J connectivity index is 1.44. The van der Waals surface area contributed by atoms with Crippen molar-refractivity contribution in [2.75, 3.05) is 13.2 Å². The number of likely N-dealkylation sites (tertiary alicyclic amines) is 1. The minimum absolute atomic E-state index is 0.296. The van der Waals surface area contributed by atoms with Gasteiger partial charge in [0.2, 0.25) is 11.8 Å². The Hall–Kier alpha value is -2.41. The Bertz CT molecular complexity index is 788. The Morgan fingerprint density at radius 2 is 1.86 bits per heavy atom. The molecule has 1 saturated heterocycles. The summed E-state index contributed by atoms with van der Waals surface area (Å²) >= 11 is 5.92. The predicted molar refractivity (Wildman–Crippen MR) is 106 cm³/mol. The van der Waals surface area contributed by atoms with Crippen molar-refractivity contribution in [3.63, 3.8) is 0 Å². The molecule has 3 rings (SSSR count). The van der Waals surface area contributed by atoms with Crippen molar-refractivity contribution >= 4 is 35.3 Å². The lowest BCUT2D eigenvalue weighted by atomic mass is 9.81. The van der Waals surface area contributed by atoms with Gasteiger partial charge < -0.3 is 10.1 Å². The van der Waals surface area contributed by atoms with Crippen molar-refractivity contribution in [2.24, 2.45) is 11.8 Å². The molecule has 1 N–H and O–H groups in total. The third kappa shape index (κ3) is 4.96. The molecule has 1 aromatic carbocycles. The first-order chi connectivity index (χ1) is 13.9. The zero-order chi connectivity index (χ0) is 21.0. The topological polar surface area (TPSA) is 92.8 Å². The maximum absolute atomic E-state index is 12.5. The molecule has 1 aliphatic carbocycles. The molecule has 2 fully saturated rings. The van der Waals surface area contributed by atoms with E-state index in [-0.39, 0.29) is 23.7 Å². The lowest BCUT2D eigenvalue weighted by Gasteiger charge is -2.21. The van der Waals surface area contributed by atoms with Crippen molar-refractivity contribution in [3.8, 4) is 0 Å². The summed E-state index contributed by atoms with van der Waals surface area (Å²) in [5.41, 5.74) is 0.982. The molecule has 0 bridgehead atoms. The maximum Gasteiger partial charge on any atom is 0.329 e. The van der Waals surface area contributed by atoms with Crippen LogP contribution in [0.2, 0.25) is 5.02 Å². The zero-order valence-corrected chi connectivity index (χ0v) is 17.1. The number of amides is 3. The summed E-state index contributed by atoms with van der Waals surface area (Å²) in [5.74, 6) is -2.43. The molecule has 1 aliphatic heterocycles. The molecule has 0 unspecified atom stereocenters. The van der Waals surface area contributed by atoms with Crippen LogP contribution in [0, 0.1) is 11.8 Å². The first-order valence-corrected chi connectivity index (χ1v) is 10.3. The van der Waals surface area contributed by atoms with Gasteiger partial charge in [0.05, 0.1) is 11.8 Å². The molecular formula is C21H25ClN2O5. The fourth-order valence-corrected chi connectivity index (χ4v) is 4.23. The molecule has 1 heterocycles. The second kappa shape index (κ2) is 9.39. The zero-order valence-electron chi connectivity index (χ0n) is 16.4. The molecule has 7 nitrogen and oxygen atoms in total. The first kappa shape index (κ1) is 21.3. The fourth-order valence-electron chi connectivity index (χ4n) is 4.02. The number of nitrogens with zero attached hydrogens (tertiary/aromatic N) is 1. The van der Waals surface area contributed by atoms with Gasteiger partial charge in [-0.1, -0.05) is 36.6 Å². The molecular weight excluding hydrogens is 396 g/mol. The highest BCUT2D eigenvalue weighted by molar-refractivity contribution is 6.30. The van der Waals surface area contributed by atoms with Gasteiger partial charge in [0.15, 0.2) is 6.61 Å². The second-order valence-electron chi connectivity index (χ2n) is 7.56. The molecule has 2 aliphatic rings. The van der Waals surface area contributed by atoms with Crippen molar-refractivity contribution in [2.45, 2.75) is 45.1 Å². The number of imide groups is 1. The molecule has 1 aromatic rings. The SMILES string of the molecule is C[C@@H](C(=O)OCC(=O)NCCc1cccc(Cl)c1)N1C(=O)[C@H]2CCCC[C@@H]2C1=O. The smallest absolute Gasteiger partial charge is 0.329 e. The number of hydrogen-bond donors (Lipinski definition) is 1. The summed E-state index contributed by atoms with van der Waals surface area (Å²) in [6.07, 6.45) is 3.80. The van der Waals surface area contributed by atoms with E-state index in [1.807, 2.05) is 18.2 Å². The first-order valence-electron chi connectivity index (χ1n) is 9.93. The number of carbonyl (C=O) groups excluding carboxylic acids is 4. The monoisotopic (exact) mass is 420 g/mol. The van der Waals surface area contributed by atoms with Gasteiger partial charge in [-0.15, -0.1) is 0 Å². The molecule has 0 radical (unpaired) electrons. The van der Waals surface area contributed by atoms with Crippen LogP contribution in [0.5, 0.6) is 0 Å². The summed E-state index contributed by atoms with van der Waals surface area (Å²) in [7, 11) is 0. The fraction of sp³-hybridized carbons (Fsp3) is 0.524. The number of fused-ring (bicyclic) bond motifs is 1. The van der Waals surface area contributed by atoms with Gasteiger partial charge in [-0.2, -0.15) is 0 Å². The van der Waals surface area contributed by atoms with E-state index >= 15 is 0 Å². The highest BCUT2D eigenvalue weighted by Gasteiger charge is 2.51. The molecule has 3 amide bonds. The van der Waals surface area contributed by atoms with E-state index < -0.39 is 24.5 Å². The van der Waals surface area contributed by atoms with Gasteiger partial charge in [0.1, 0.15) is 6.04 Å². The predicted octanol–water partition coefficient (Wildman–Crippen LogP) is 2.11. The van der Waals surface area contributed by atoms with Crippen LogP contribution >= 0.6 is 11.6 Å². The number of esters is 1. The van der Waals surface area contributed by atoms with Crippen LogP contribution in [0.15, 0.2) is 24.3 Å². The van der Waals surface area contributed by atoms with Crippen LogP contribution in [-0.2, 0) is 30.3 Å². The summed E-state index contributed by atoms with van der Waals surface area (Å²) in [4.78, 5) is 50.3. The molecule has 8 heteroatoms. The number of rotatable bonds is 7. The highest BCUT2D eigenvalue weighted by atomic mass is 35.5. The standard InChI is InChI=1S/C21H25ClN2O5/c1-13(24-19(26)16-7-2-3-8-17(16)20(24)27)21(28)29-12-18(25)23-10-9-14-5-4-6-15(22)11-14/h4-6,11,13,16-17H,2-3,7-10,12H2,1H3,(H,23,25)/t13-,16-,17-/m0/s1. The number of halogens is 1. The number of nitrogens with one attached hydrogen (secondary N) is 1. The van der Waals surface area contributed by atoms with Gasteiger partial charge in [-0.05, 0) is 43.9 Å². The van der Waals surface area contributed by atoms with Crippen LogP contribution in [0.25, 0.3) is 0 Å². The third-order valence-electron chi connectivity index (χ3n) is 5.57. The van der Waals surface area contributed by atoms with E-state index in [4.69, 9.17) is 16.3 Å². The van der Waals surface area contributed by atoms with E-state index in [0.717, 1.165) is 23.3 Å². The van der Waals surface area contributed by atoms with Crippen LogP contribution in [0.1, 0.15) is 38.2 Å². The molecule has 1 saturated carbocycles. The number of ether oxygens (including phenoxy) is 1. The summed E-state index contributed by atoms with van der Waals surface area (Å²) in [6, 6.07) is 6.30. The van der Waals surface area contributed by atoms with Gasteiger partial charge >= 0.3 is 5.97 Å². The Labute approximate surface area is 174 Å². The Kier molecular flexibility index (Phi) is 6.90. The van der Waals surface area contributed by atoms with E-state index in [0.29, 0.717) is 30.8 Å². The van der Waals surface area contributed by atoms with Gasteiger partial charge in [0.25, 0.3) is 5.91 Å². The van der Waals surface area contributed by atoms with Crippen LogP contribution < -0.4 is 5.32 Å². The van der Waals surface area contributed by atoms with Gasteiger partial charge in [-0.25, -0.2) is 4.79 Å². The van der Waals surface area contributed by atoms with Crippen molar-refractivity contribution < 1.29 is 23.9 Å². The van der Waals surface area contributed by atoms with Crippen molar-refractivity contribution in [1.29, 1.82) is 0 Å². The number of benzene rings is 1. The average molecular weight is 421 g/mol. The number of carbonyl (C=O) groups is 4. The lowest BCUT2D eigenvalue weighted by Crippen LogP contribution is -2.45. The van der Waals surface area contributed by atoms with E-state index in [1.165, 1.54) is 6.92 Å². The minimum atomic E-state index is -1.03. The highest BCUT2D eigenvalue weighted by Crippen LogP contribution is 2.38. The summed E-state index contributed by atoms with van der Waals surface area (Å²) in [5, 5.41) is 3.29. The van der Waals surface area contributed by atoms with Crippen LogP contribution in [-0.4, -0.2) is 47.8 Å². The van der Waals surface area contributed by atoms with E-state index in [9.17, 15) is 19.2 Å². The quantitative estimate of drug-likeness (QED) is 0.538. The molecule has 3 atom stereocenters. The van der Waals surface area contributed by atoms with Gasteiger partial charge in [-0.3, -0.25) is 19.3 Å². The van der Waals surface area contributed by atoms with E-state index in [2.05, 4.69) is 5.32 Å². The van der Waals surface area contributed by atoms with Crippen LogP contribution in [0.4, 0.5) is 0 Å². The van der Waals surface area contributed by atoms with Crippen molar-refractivity contribution in [1.82, 2.24) is 10.2 Å². The average Bonchev–Trinajstić information content (AvgIpc) is 2.96. The molecule has 29 heavy (non-hydrogen) atoms. The molecule has 0 spiro atoms. The lowest BCUT2D eigenvalue weighted by molar-refractivity contribution is -0.159.